The molecule has 0 bridgehead atoms. The number of pyridine rings is 1. The number of carbonyl (C=O) groups excluding carboxylic acids is 1. The van der Waals surface area contributed by atoms with E-state index in [-0.39, 0.29) is 5.97 Å². The van der Waals surface area contributed by atoms with E-state index in [1.807, 2.05) is 31.3 Å². The van der Waals surface area contributed by atoms with Crippen molar-refractivity contribution in [2.24, 2.45) is 0 Å². The zero-order chi connectivity index (χ0) is 13.0. The smallest absolute Gasteiger partial charge is 0.337 e. The third-order valence-electron chi connectivity index (χ3n) is 2.76. The molecule has 1 aromatic heterocycles. The van der Waals surface area contributed by atoms with E-state index in [1.165, 1.54) is 7.11 Å². The van der Waals surface area contributed by atoms with Gasteiger partial charge in [-0.3, -0.25) is 4.98 Å². The number of carbonyl (C=O) groups is 1. The highest BCUT2D eigenvalue weighted by Crippen LogP contribution is 2.11. The molecular weight excluding hydrogens is 226 g/mol. The summed E-state index contributed by atoms with van der Waals surface area (Å²) in [5.41, 5.74) is 3.89. The first kappa shape index (κ1) is 12.3. The van der Waals surface area contributed by atoms with Gasteiger partial charge in [-0.25, -0.2) is 4.79 Å². The molecule has 0 aliphatic heterocycles. The predicted octanol–water partition coefficient (Wildman–Crippen LogP) is 2.77. The van der Waals surface area contributed by atoms with Crippen LogP contribution in [0.3, 0.4) is 0 Å². The van der Waals surface area contributed by atoms with Crippen molar-refractivity contribution in [3.05, 3.63) is 65.0 Å². The molecule has 0 unspecified atom stereocenters. The third kappa shape index (κ3) is 2.94. The molecule has 92 valence electrons. The van der Waals surface area contributed by atoms with Gasteiger partial charge < -0.3 is 4.74 Å². The molecule has 2 rings (SSSR count). The molecule has 0 amide bonds. The van der Waals surface area contributed by atoms with Crippen LogP contribution in [0.15, 0.2) is 42.6 Å². The second-order valence-corrected chi connectivity index (χ2v) is 4.17. The van der Waals surface area contributed by atoms with Gasteiger partial charge in [0, 0.05) is 11.9 Å². The molecule has 0 N–H and O–H groups in total. The second-order valence-electron chi connectivity index (χ2n) is 4.17. The van der Waals surface area contributed by atoms with Crippen LogP contribution in [0, 0.1) is 6.92 Å². The van der Waals surface area contributed by atoms with E-state index in [1.54, 1.807) is 12.1 Å². The summed E-state index contributed by atoms with van der Waals surface area (Å²) >= 11 is 0. The number of methoxy groups -OCH3 is 1. The van der Waals surface area contributed by atoms with Gasteiger partial charge in [-0.1, -0.05) is 18.2 Å². The average molecular weight is 241 g/mol. The summed E-state index contributed by atoms with van der Waals surface area (Å²) in [4.78, 5) is 15.5. The number of aromatic nitrogens is 1. The van der Waals surface area contributed by atoms with Crippen LogP contribution < -0.4 is 0 Å². The van der Waals surface area contributed by atoms with Crippen molar-refractivity contribution in [2.75, 3.05) is 7.11 Å². The lowest BCUT2D eigenvalue weighted by molar-refractivity contribution is 0.0600. The number of hydrogen-bond donors (Lipinski definition) is 0. The van der Waals surface area contributed by atoms with Gasteiger partial charge in [0.15, 0.2) is 0 Å². The molecule has 0 saturated heterocycles. The van der Waals surface area contributed by atoms with Crippen LogP contribution in [0.1, 0.15) is 27.2 Å². The lowest BCUT2D eigenvalue weighted by Gasteiger charge is -2.03. The van der Waals surface area contributed by atoms with Gasteiger partial charge in [0.2, 0.25) is 0 Å². The van der Waals surface area contributed by atoms with Crippen molar-refractivity contribution in [1.29, 1.82) is 0 Å². The summed E-state index contributed by atoms with van der Waals surface area (Å²) in [6, 6.07) is 11.5. The minimum absolute atomic E-state index is 0.307. The van der Waals surface area contributed by atoms with E-state index in [4.69, 9.17) is 0 Å². The van der Waals surface area contributed by atoms with Gasteiger partial charge in [-0.15, -0.1) is 0 Å². The fourth-order valence-electron chi connectivity index (χ4n) is 1.72. The maximum absolute atomic E-state index is 11.3. The lowest BCUT2D eigenvalue weighted by Crippen LogP contribution is -2.01. The Kier molecular flexibility index (Phi) is 3.72. The molecule has 0 fully saturated rings. The number of aryl methyl sites for hydroxylation is 1. The first-order chi connectivity index (χ1) is 8.69. The van der Waals surface area contributed by atoms with Crippen molar-refractivity contribution in [2.45, 2.75) is 13.3 Å². The SMILES string of the molecule is COC(=O)c1ccc(Cc2ccc(C)nc2)cc1. The fourth-order valence-corrected chi connectivity index (χ4v) is 1.72. The summed E-state index contributed by atoms with van der Waals surface area (Å²) < 4.78 is 4.66. The Bertz CT molecular complexity index is 529. The highest BCUT2D eigenvalue weighted by molar-refractivity contribution is 5.89. The van der Waals surface area contributed by atoms with Crippen molar-refractivity contribution < 1.29 is 9.53 Å². The number of esters is 1. The normalized spacial score (nSPS) is 10.1. The van der Waals surface area contributed by atoms with Gasteiger partial charge in [0.05, 0.1) is 12.7 Å². The largest absolute Gasteiger partial charge is 0.465 e. The molecule has 18 heavy (non-hydrogen) atoms. The minimum atomic E-state index is -0.307. The number of nitrogens with zero attached hydrogens (tertiary/aromatic N) is 1. The number of rotatable bonds is 3. The Balaban J connectivity index is 2.10. The molecule has 0 spiro atoms. The highest BCUT2D eigenvalue weighted by atomic mass is 16.5. The molecule has 1 aromatic carbocycles. The van der Waals surface area contributed by atoms with Crippen molar-refractivity contribution >= 4 is 5.97 Å². The van der Waals surface area contributed by atoms with Gasteiger partial charge in [-0.05, 0) is 42.7 Å². The van der Waals surface area contributed by atoms with E-state index in [2.05, 4.69) is 15.8 Å². The predicted molar refractivity (Wildman–Crippen MR) is 69.6 cm³/mol. The molecule has 3 nitrogen and oxygen atoms in total. The van der Waals surface area contributed by atoms with Crippen LogP contribution in [0.2, 0.25) is 0 Å². The average Bonchev–Trinajstić information content (AvgIpc) is 2.41. The van der Waals surface area contributed by atoms with Gasteiger partial charge in [0.25, 0.3) is 0 Å². The van der Waals surface area contributed by atoms with Crippen LogP contribution in [0.4, 0.5) is 0 Å². The van der Waals surface area contributed by atoms with E-state index in [0.717, 1.165) is 23.2 Å². The van der Waals surface area contributed by atoms with Crippen molar-refractivity contribution in [3.63, 3.8) is 0 Å². The van der Waals surface area contributed by atoms with Crippen LogP contribution in [0.25, 0.3) is 0 Å². The zero-order valence-corrected chi connectivity index (χ0v) is 10.5. The van der Waals surface area contributed by atoms with Crippen LogP contribution in [0.5, 0.6) is 0 Å². The van der Waals surface area contributed by atoms with E-state index < -0.39 is 0 Å². The number of benzene rings is 1. The molecule has 2 aromatic rings. The Labute approximate surface area is 106 Å². The zero-order valence-electron chi connectivity index (χ0n) is 10.5. The Morgan fingerprint density at radius 2 is 1.78 bits per heavy atom. The maximum atomic E-state index is 11.3. The van der Waals surface area contributed by atoms with E-state index in [0.29, 0.717) is 5.56 Å². The first-order valence-corrected chi connectivity index (χ1v) is 5.78. The van der Waals surface area contributed by atoms with Crippen molar-refractivity contribution in [3.8, 4) is 0 Å². The molecule has 0 aliphatic rings. The van der Waals surface area contributed by atoms with Crippen LogP contribution in [-0.4, -0.2) is 18.1 Å². The standard InChI is InChI=1S/C15H15NO2/c1-11-3-4-13(10-16-11)9-12-5-7-14(8-6-12)15(17)18-2/h3-8,10H,9H2,1-2H3. The molecule has 0 atom stereocenters. The molecule has 0 radical (unpaired) electrons. The van der Waals surface area contributed by atoms with Crippen LogP contribution in [-0.2, 0) is 11.2 Å². The number of hydrogen-bond acceptors (Lipinski definition) is 3. The molecule has 0 saturated carbocycles. The fraction of sp³-hybridized carbons (Fsp3) is 0.200. The Morgan fingerprint density at radius 1 is 1.11 bits per heavy atom. The Morgan fingerprint density at radius 3 is 2.33 bits per heavy atom. The topological polar surface area (TPSA) is 39.2 Å². The quantitative estimate of drug-likeness (QED) is 0.776. The maximum Gasteiger partial charge on any atom is 0.337 e. The molecular formula is C15H15NO2. The van der Waals surface area contributed by atoms with Gasteiger partial charge in [-0.2, -0.15) is 0 Å². The Hall–Kier alpha value is -2.16. The minimum Gasteiger partial charge on any atom is -0.465 e. The number of ether oxygens (including phenoxy) is 1. The summed E-state index contributed by atoms with van der Waals surface area (Å²) in [5, 5.41) is 0. The van der Waals surface area contributed by atoms with Crippen LogP contribution >= 0.6 is 0 Å². The first-order valence-electron chi connectivity index (χ1n) is 5.78. The monoisotopic (exact) mass is 241 g/mol. The van der Waals surface area contributed by atoms with Gasteiger partial charge >= 0.3 is 5.97 Å². The third-order valence-corrected chi connectivity index (χ3v) is 2.76. The summed E-state index contributed by atoms with van der Waals surface area (Å²) in [6.07, 6.45) is 2.69. The van der Waals surface area contributed by atoms with E-state index in [9.17, 15) is 4.79 Å². The molecule has 0 aliphatic carbocycles. The summed E-state index contributed by atoms with van der Waals surface area (Å²) in [7, 11) is 1.38. The molecule has 1 heterocycles. The van der Waals surface area contributed by atoms with Crippen molar-refractivity contribution in [1.82, 2.24) is 4.98 Å². The van der Waals surface area contributed by atoms with E-state index >= 15 is 0 Å². The van der Waals surface area contributed by atoms with Gasteiger partial charge in [0.1, 0.15) is 0 Å². The summed E-state index contributed by atoms with van der Waals surface area (Å²) in [5.74, 6) is -0.307. The highest BCUT2D eigenvalue weighted by Gasteiger charge is 2.04. The second kappa shape index (κ2) is 5.45. The molecule has 3 heteroatoms. The summed E-state index contributed by atoms with van der Waals surface area (Å²) in [6.45, 7) is 1.97. The lowest BCUT2D eigenvalue weighted by atomic mass is 10.0.